The van der Waals surface area contributed by atoms with Crippen molar-refractivity contribution < 1.29 is 18.0 Å². The molecule has 1 heterocycles. The lowest BCUT2D eigenvalue weighted by atomic mass is 10.1. The third-order valence-electron chi connectivity index (χ3n) is 4.02. The Morgan fingerprint density at radius 2 is 1.81 bits per heavy atom. The number of nitrogens with one attached hydrogen (secondary N) is 1. The number of aromatic nitrogens is 2. The third-order valence-corrected chi connectivity index (χ3v) is 4.95. The van der Waals surface area contributed by atoms with E-state index in [9.17, 15) is 13.6 Å². The Morgan fingerprint density at radius 1 is 1.11 bits per heavy atom. The van der Waals surface area contributed by atoms with Crippen LogP contribution in [0.5, 0.6) is 0 Å². The Labute approximate surface area is 159 Å². The number of aryl methyl sites for hydroxylation is 2. The second-order valence-corrected chi connectivity index (χ2v) is 7.31. The van der Waals surface area contributed by atoms with Crippen molar-refractivity contribution in [1.82, 2.24) is 10.2 Å². The van der Waals surface area contributed by atoms with Crippen molar-refractivity contribution >= 4 is 23.4 Å². The highest BCUT2D eigenvalue weighted by molar-refractivity contribution is 8.00. The van der Waals surface area contributed by atoms with E-state index >= 15 is 0 Å². The highest BCUT2D eigenvalue weighted by Crippen LogP contribution is 2.28. The molecule has 0 fully saturated rings. The lowest BCUT2D eigenvalue weighted by molar-refractivity contribution is -0.115. The summed E-state index contributed by atoms with van der Waals surface area (Å²) < 4.78 is 32.9. The molecule has 1 aromatic heterocycles. The summed E-state index contributed by atoms with van der Waals surface area (Å²) in [5.41, 5.74) is 2.55. The molecule has 0 aliphatic heterocycles. The van der Waals surface area contributed by atoms with Gasteiger partial charge in [-0.3, -0.25) is 4.79 Å². The lowest BCUT2D eigenvalue weighted by Crippen LogP contribution is -2.23. The summed E-state index contributed by atoms with van der Waals surface area (Å²) in [6.45, 7) is 5.57. The van der Waals surface area contributed by atoms with E-state index in [1.807, 2.05) is 32.0 Å². The molecule has 2 aromatic carbocycles. The summed E-state index contributed by atoms with van der Waals surface area (Å²) in [6, 6.07) is 9.15. The molecule has 0 aliphatic carbocycles. The minimum absolute atomic E-state index is 0.194. The maximum atomic E-state index is 13.7. The van der Waals surface area contributed by atoms with Crippen molar-refractivity contribution in [2.45, 2.75) is 31.2 Å². The zero-order chi connectivity index (χ0) is 19.6. The minimum atomic E-state index is -0.838. The number of benzene rings is 2. The lowest BCUT2D eigenvalue weighted by Gasteiger charge is -2.11. The van der Waals surface area contributed by atoms with Gasteiger partial charge in [0.2, 0.25) is 11.8 Å². The van der Waals surface area contributed by atoms with E-state index in [-0.39, 0.29) is 5.22 Å². The minimum Gasteiger partial charge on any atom is -0.411 e. The number of carbonyl (C=O) groups is 1. The number of hydrogen-bond acceptors (Lipinski definition) is 5. The molecule has 0 saturated carbocycles. The van der Waals surface area contributed by atoms with Crippen LogP contribution in [-0.2, 0) is 4.79 Å². The van der Waals surface area contributed by atoms with E-state index in [1.54, 1.807) is 6.92 Å². The van der Waals surface area contributed by atoms with Crippen LogP contribution in [0, 0.1) is 25.5 Å². The number of amides is 1. The monoisotopic (exact) mass is 389 g/mol. The normalized spacial score (nSPS) is 12.0. The van der Waals surface area contributed by atoms with Gasteiger partial charge in [0.1, 0.15) is 17.3 Å². The van der Waals surface area contributed by atoms with Crippen LogP contribution in [0.25, 0.3) is 11.5 Å². The van der Waals surface area contributed by atoms with Crippen molar-refractivity contribution in [3.63, 3.8) is 0 Å². The van der Waals surface area contributed by atoms with Gasteiger partial charge in [0.05, 0.1) is 5.25 Å². The van der Waals surface area contributed by atoms with E-state index in [0.29, 0.717) is 5.89 Å². The van der Waals surface area contributed by atoms with Crippen LogP contribution < -0.4 is 5.32 Å². The zero-order valence-electron chi connectivity index (χ0n) is 14.9. The average molecular weight is 389 g/mol. The van der Waals surface area contributed by atoms with E-state index in [4.69, 9.17) is 4.42 Å². The molecule has 1 amide bonds. The van der Waals surface area contributed by atoms with Gasteiger partial charge in [-0.15, -0.1) is 10.2 Å². The highest BCUT2D eigenvalue weighted by atomic mass is 32.2. The quantitative estimate of drug-likeness (QED) is 0.638. The maximum absolute atomic E-state index is 13.7. The maximum Gasteiger partial charge on any atom is 0.277 e. The molecular weight excluding hydrogens is 372 g/mol. The van der Waals surface area contributed by atoms with E-state index in [1.165, 1.54) is 6.07 Å². The molecule has 3 rings (SSSR count). The summed E-state index contributed by atoms with van der Waals surface area (Å²) >= 11 is 1.01. The molecule has 0 aliphatic rings. The fourth-order valence-corrected chi connectivity index (χ4v) is 2.98. The van der Waals surface area contributed by atoms with Crippen LogP contribution in [-0.4, -0.2) is 21.4 Å². The van der Waals surface area contributed by atoms with Crippen LogP contribution in [0.15, 0.2) is 46.0 Å². The van der Waals surface area contributed by atoms with Crippen LogP contribution >= 0.6 is 11.8 Å². The second-order valence-electron chi connectivity index (χ2n) is 6.02. The molecule has 27 heavy (non-hydrogen) atoms. The average Bonchev–Trinajstić information content (AvgIpc) is 3.09. The van der Waals surface area contributed by atoms with E-state index in [0.717, 1.165) is 40.6 Å². The van der Waals surface area contributed by atoms with Gasteiger partial charge in [-0.2, -0.15) is 0 Å². The summed E-state index contributed by atoms with van der Waals surface area (Å²) in [7, 11) is 0. The molecule has 0 bridgehead atoms. The molecule has 0 saturated heterocycles. The zero-order valence-corrected chi connectivity index (χ0v) is 15.7. The fraction of sp³-hybridized carbons (Fsp3) is 0.211. The number of rotatable bonds is 5. The third kappa shape index (κ3) is 4.33. The van der Waals surface area contributed by atoms with Gasteiger partial charge in [0.15, 0.2) is 0 Å². The van der Waals surface area contributed by atoms with Crippen LogP contribution in [0.3, 0.4) is 0 Å². The standard InChI is InChI=1S/C19H17F2N3O2S/c1-10-7-8-13(9-11(10)2)18-23-24-19(26-18)27-12(3)17(25)22-16-14(20)5-4-6-15(16)21/h4-9,12H,1-3H3,(H,22,25)/t12-/m1/s1. The van der Waals surface area contributed by atoms with Crippen LogP contribution in [0.4, 0.5) is 14.5 Å². The summed E-state index contributed by atoms with van der Waals surface area (Å²) in [5.74, 6) is -1.91. The van der Waals surface area contributed by atoms with Gasteiger partial charge in [0, 0.05) is 5.56 Å². The molecule has 1 atom stereocenters. The summed E-state index contributed by atoms with van der Waals surface area (Å²) in [5, 5.41) is 9.67. The topological polar surface area (TPSA) is 68.0 Å². The van der Waals surface area contributed by atoms with Crippen molar-refractivity contribution in [1.29, 1.82) is 0 Å². The number of nitrogens with zero attached hydrogens (tertiary/aromatic N) is 2. The molecule has 3 aromatic rings. The van der Waals surface area contributed by atoms with Crippen LogP contribution in [0.1, 0.15) is 18.1 Å². The molecular formula is C19H17F2N3O2S. The van der Waals surface area contributed by atoms with Crippen molar-refractivity contribution in [2.75, 3.05) is 5.32 Å². The first kappa shape index (κ1) is 19.0. The van der Waals surface area contributed by atoms with Gasteiger partial charge in [-0.25, -0.2) is 8.78 Å². The predicted molar refractivity (Wildman–Crippen MR) is 99.5 cm³/mol. The fourth-order valence-electron chi connectivity index (χ4n) is 2.30. The second kappa shape index (κ2) is 7.87. The van der Waals surface area contributed by atoms with Gasteiger partial charge >= 0.3 is 0 Å². The smallest absolute Gasteiger partial charge is 0.277 e. The van der Waals surface area contributed by atoms with Crippen molar-refractivity contribution in [3.8, 4) is 11.5 Å². The number of halogens is 2. The number of thioether (sulfide) groups is 1. The van der Waals surface area contributed by atoms with E-state index in [2.05, 4.69) is 15.5 Å². The summed E-state index contributed by atoms with van der Waals surface area (Å²) in [4.78, 5) is 12.2. The molecule has 8 heteroatoms. The molecule has 1 N–H and O–H groups in total. The Balaban J connectivity index is 1.69. The largest absolute Gasteiger partial charge is 0.411 e. The molecule has 0 radical (unpaired) electrons. The predicted octanol–water partition coefficient (Wildman–Crippen LogP) is 4.75. The van der Waals surface area contributed by atoms with Gasteiger partial charge in [-0.1, -0.05) is 23.9 Å². The molecule has 0 spiro atoms. The highest BCUT2D eigenvalue weighted by Gasteiger charge is 2.21. The van der Waals surface area contributed by atoms with Gasteiger partial charge in [-0.05, 0) is 56.2 Å². The first-order valence-electron chi connectivity index (χ1n) is 8.18. The number of para-hydroxylation sites is 1. The number of carbonyl (C=O) groups excluding carboxylic acids is 1. The number of hydrogen-bond donors (Lipinski definition) is 1. The van der Waals surface area contributed by atoms with Gasteiger partial charge in [0.25, 0.3) is 5.22 Å². The first-order chi connectivity index (χ1) is 12.8. The Hall–Kier alpha value is -2.74. The Kier molecular flexibility index (Phi) is 5.55. The molecule has 140 valence electrons. The van der Waals surface area contributed by atoms with Crippen molar-refractivity contribution in [3.05, 3.63) is 59.2 Å². The van der Waals surface area contributed by atoms with Crippen molar-refractivity contribution in [2.24, 2.45) is 0 Å². The summed E-state index contributed by atoms with van der Waals surface area (Å²) in [6.07, 6.45) is 0. The van der Waals surface area contributed by atoms with Crippen LogP contribution in [0.2, 0.25) is 0 Å². The number of anilines is 1. The van der Waals surface area contributed by atoms with Gasteiger partial charge < -0.3 is 9.73 Å². The Morgan fingerprint density at radius 3 is 2.48 bits per heavy atom. The first-order valence-corrected chi connectivity index (χ1v) is 9.06. The SMILES string of the molecule is Cc1ccc(-c2nnc(S[C@H](C)C(=O)Nc3c(F)cccc3F)o2)cc1C. The Bertz CT molecular complexity index is 971. The van der Waals surface area contributed by atoms with E-state index < -0.39 is 28.5 Å². The molecule has 0 unspecified atom stereocenters. The molecule has 5 nitrogen and oxygen atoms in total.